The van der Waals surface area contributed by atoms with Crippen LogP contribution in [0.15, 0.2) is 65.1 Å². The molecule has 0 fully saturated rings. The molecule has 3 aromatic carbocycles. The molecule has 1 aliphatic rings. The lowest BCUT2D eigenvalue weighted by molar-refractivity contribution is -0.155. The molecule has 174 valence electrons. The first-order valence-corrected chi connectivity index (χ1v) is 11.2. The van der Waals surface area contributed by atoms with Crippen molar-refractivity contribution in [1.29, 1.82) is 0 Å². The standard InChI is InChI=1S/C25H21BrF5NO/c1-15-9-17-10-19(33-13-16-5-3-2-4-6-16)7-8-20(17)24(32(15)14-25(29,30)31)23-21(27)11-18(26)12-22(23)28/h2-8,10-12,15,24H,9,13-14H2,1H3/t15-,24+/m1/s1. The lowest BCUT2D eigenvalue weighted by atomic mass is 9.84. The van der Waals surface area contributed by atoms with E-state index >= 15 is 0 Å². The molecule has 0 N–H and O–H groups in total. The summed E-state index contributed by atoms with van der Waals surface area (Å²) in [6.07, 6.45) is -4.23. The van der Waals surface area contributed by atoms with Crippen molar-refractivity contribution in [2.24, 2.45) is 0 Å². The van der Waals surface area contributed by atoms with Gasteiger partial charge in [0.25, 0.3) is 0 Å². The average Bonchev–Trinajstić information content (AvgIpc) is 2.73. The molecule has 33 heavy (non-hydrogen) atoms. The molecular formula is C25H21BrF5NO. The molecule has 0 saturated carbocycles. The first kappa shape index (κ1) is 23.7. The van der Waals surface area contributed by atoms with Gasteiger partial charge in [0.1, 0.15) is 24.0 Å². The number of fused-ring (bicyclic) bond motifs is 1. The van der Waals surface area contributed by atoms with Crippen LogP contribution in [0.4, 0.5) is 22.0 Å². The van der Waals surface area contributed by atoms with E-state index < -0.39 is 42.0 Å². The fraction of sp³-hybridized carbons (Fsp3) is 0.280. The Bertz CT molecular complexity index is 1110. The van der Waals surface area contributed by atoms with E-state index in [0.717, 1.165) is 22.6 Å². The van der Waals surface area contributed by atoms with Crippen LogP contribution in [-0.2, 0) is 13.0 Å². The molecule has 0 radical (unpaired) electrons. The van der Waals surface area contributed by atoms with Gasteiger partial charge in [-0.3, -0.25) is 4.90 Å². The Labute approximate surface area is 197 Å². The Balaban J connectivity index is 1.74. The molecule has 0 amide bonds. The molecule has 4 rings (SSSR count). The van der Waals surface area contributed by atoms with E-state index in [1.54, 1.807) is 25.1 Å². The minimum atomic E-state index is -4.52. The third kappa shape index (κ3) is 5.38. The van der Waals surface area contributed by atoms with Gasteiger partial charge in [0, 0.05) is 16.1 Å². The number of hydrogen-bond acceptors (Lipinski definition) is 2. The van der Waals surface area contributed by atoms with Gasteiger partial charge < -0.3 is 4.74 Å². The van der Waals surface area contributed by atoms with Gasteiger partial charge in [-0.2, -0.15) is 13.2 Å². The van der Waals surface area contributed by atoms with Gasteiger partial charge in [-0.1, -0.05) is 52.3 Å². The van der Waals surface area contributed by atoms with Crippen LogP contribution in [0.2, 0.25) is 0 Å². The zero-order chi connectivity index (χ0) is 23.8. The van der Waals surface area contributed by atoms with Crippen molar-refractivity contribution in [3.05, 3.63) is 99.0 Å². The molecule has 0 saturated heterocycles. The summed E-state index contributed by atoms with van der Waals surface area (Å²) < 4.78 is 76.1. The number of alkyl halides is 3. The normalized spacial score (nSPS) is 18.8. The highest BCUT2D eigenvalue weighted by atomic mass is 79.9. The summed E-state index contributed by atoms with van der Waals surface area (Å²) in [7, 11) is 0. The molecular weight excluding hydrogens is 505 g/mol. The molecule has 2 atom stereocenters. The summed E-state index contributed by atoms with van der Waals surface area (Å²) in [5.41, 5.74) is 1.72. The molecule has 1 aliphatic heterocycles. The molecule has 0 unspecified atom stereocenters. The summed E-state index contributed by atoms with van der Waals surface area (Å²) in [5, 5.41) is 0. The SMILES string of the molecule is C[C@@H]1Cc2cc(OCc3ccccc3)ccc2[C@@H](c2c(F)cc(Br)cc2F)N1CC(F)(F)F. The monoisotopic (exact) mass is 525 g/mol. The van der Waals surface area contributed by atoms with E-state index in [4.69, 9.17) is 4.74 Å². The van der Waals surface area contributed by atoms with Gasteiger partial charge in [-0.25, -0.2) is 8.78 Å². The average molecular weight is 526 g/mol. The van der Waals surface area contributed by atoms with Gasteiger partial charge in [0.05, 0.1) is 12.6 Å². The molecule has 0 aliphatic carbocycles. The number of hydrogen-bond donors (Lipinski definition) is 0. The molecule has 3 aromatic rings. The largest absolute Gasteiger partial charge is 0.489 e. The van der Waals surface area contributed by atoms with Gasteiger partial charge >= 0.3 is 6.18 Å². The Hall–Kier alpha value is -2.45. The van der Waals surface area contributed by atoms with Crippen molar-refractivity contribution in [3.8, 4) is 5.75 Å². The number of rotatable bonds is 5. The minimum absolute atomic E-state index is 0.178. The maximum Gasteiger partial charge on any atom is 0.401 e. The summed E-state index contributed by atoms with van der Waals surface area (Å²) in [5.74, 6) is -1.25. The van der Waals surface area contributed by atoms with Gasteiger partial charge in [0.15, 0.2) is 0 Å². The number of benzene rings is 3. The Kier molecular flexibility index (Phi) is 6.77. The highest BCUT2D eigenvalue weighted by Crippen LogP contribution is 2.43. The Morgan fingerprint density at radius 1 is 1.00 bits per heavy atom. The highest BCUT2D eigenvalue weighted by Gasteiger charge is 2.42. The van der Waals surface area contributed by atoms with E-state index in [9.17, 15) is 22.0 Å². The van der Waals surface area contributed by atoms with E-state index in [1.807, 2.05) is 30.3 Å². The van der Waals surface area contributed by atoms with Crippen LogP contribution in [0.5, 0.6) is 5.75 Å². The first-order valence-electron chi connectivity index (χ1n) is 10.4. The molecule has 8 heteroatoms. The third-order valence-electron chi connectivity index (χ3n) is 5.75. The number of ether oxygens (including phenoxy) is 1. The third-order valence-corrected chi connectivity index (χ3v) is 6.21. The second kappa shape index (κ2) is 9.43. The van der Waals surface area contributed by atoms with E-state index in [1.165, 1.54) is 0 Å². The van der Waals surface area contributed by atoms with Gasteiger partial charge in [0.2, 0.25) is 0 Å². The lowest BCUT2D eigenvalue weighted by Gasteiger charge is -2.42. The topological polar surface area (TPSA) is 12.5 Å². The zero-order valence-corrected chi connectivity index (χ0v) is 19.3. The molecule has 0 spiro atoms. The summed E-state index contributed by atoms with van der Waals surface area (Å²) >= 11 is 3.03. The first-order chi connectivity index (χ1) is 15.6. The van der Waals surface area contributed by atoms with Crippen molar-refractivity contribution in [1.82, 2.24) is 4.90 Å². The fourth-order valence-electron chi connectivity index (χ4n) is 4.32. The summed E-state index contributed by atoms with van der Waals surface area (Å²) in [4.78, 5) is 1.11. The fourth-order valence-corrected chi connectivity index (χ4v) is 4.72. The Morgan fingerprint density at radius 2 is 1.67 bits per heavy atom. The number of nitrogens with zero attached hydrogens (tertiary/aromatic N) is 1. The van der Waals surface area contributed by atoms with Crippen LogP contribution in [-0.4, -0.2) is 23.7 Å². The minimum Gasteiger partial charge on any atom is -0.489 e. The van der Waals surface area contributed by atoms with Gasteiger partial charge in [-0.15, -0.1) is 0 Å². The smallest absolute Gasteiger partial charge is 0.401 e. The predicted molar refractivity (Wildman–Crippen MR) is 119 cm³/mol. The van der Waals surface area contributed by atoms with Crippen molar-refractivity contribution < 1.29 is 26.7 Å². The molecule has 1 heterocycles. The van der Waals surface area contributed by atoms with Crippen molar-refractivity contribution in [3.63, 3.8) is 0 Å². The van der Waals surface area contributed by atoms with Gasteiger partial charge in [-0.05, 0) is 54.3 Å². The number of halogens is 6. The van der Waals surface area contributed by atoms with E-state index in [-0.39, 0.29) is 4.47 Å². The maximum absolute atomic E-state index is 14.9. The van der Waals surface area contributed by atoms with Crippen LogP contribution < -0.4 is 4.74 Å². The summed E-state index contributed by atoms with van der Waals surface area (Å²) in [6.45, 7) is 0.683. The van der Waals surface area contributed by atoms with Crippen LogP contribution in [0.25, 0.3) is 0 Å². The predicted octanol–water partition coefficient (Wildman–Crippen LogP) is 7.20. The van der Waals surface area contributed by atoms with Crippen LogP contribution >= 0.6 is 15.9 Å². The zero-order valence-electron chi connectivity index (χ0n) is 17.7. The molecule has 2 nitrogen and oxygen atoms in total. The lowest BCUT2D eigenvalue weighted by Crippen LogP contribution is -2.47. The van der Waals surface area contributed by atoms with Crippen LogP contribution in [0.3, 0.4) is 0 Å². The van der Waals surface area contributed by atoms with Crippen LogP contribution in [0, 0.1) is 11.6 Å². The van der Waals surface area contributed by atoms with Crippen molar-refractivity contribution in [2.45, 2.75) is 38.2 Å². The summed E-state index contributed by atoms with van der Waals surface area (Å²) in [6, 6.07) is 14.8. The Morgan fingerprint density at radius 3 is 2.30 bits per heavy atom. The highest BCUT2D eigenvalue weighted by molar-refractivity contribution is 9.10. The second-order valence-corrected chi connectivity index (χ2v) is 9.08. The second-order valence-electron chi connectivity index (χ2n) is 8.16. The molecule has 0 bridgehead atoms. The van der Waals surface area contributed by atoms with E-state index in [2.05, 4.69) is 15.9 Å². The van der Waals surface area contributed by atoms with Crippen molar-refractivity contribution in [2.75, 3.05) is 6.54 Å². The van der Waals surface area contributed by atoms with E-state index in [0.29, 0.717) is 29.9 Å². The quantitative estimate of drug-likeness (QED) is 0.326. The molecule has 0 aromatic heterocycles. The maximum atomic E-state index is 14.9. The van der Waals surface area contributed by atoms with Crippen LogP contribution in [0.1, 0.15) is 35.2 Å². The van der Waals surface area contributed by atoms with Crippen molar-refractivity contribution >= 4 is 15.9 Å².